The molecule has 0 radical (unpaired) electrons. The van der Waals surface area contributed by atoms with Gasteiger partial charge < -0.3 is 5.11 Å². The summed E-state index contributed by atoms with van der Waals surface area (Å²) in [6.07, 6.45) is 17.5. The van der Waals surface area contributed by atoms with Gasteiger partial charge in [0.2, 0.25) is 0 Å². The van der Waals surface area contributed by atoms with Crippen molar-refractivity contribution >= 4 is 10.9 Å². The Bertz CT molecular complexity index is 1050. The van der Waals surface area contributed by atoms with Crippen LogP contribution in [-0.4, -0.2) is 21.2 Å². The van der Waals surface area contributed by atoms with Crippen LogP contribution in [0.3, 0.4) is 0 Å². The van der Waals surface area contributed by atoms with Crippen LogP contribution in [0.5, 0.6) is 0 Å². The molecule has 0 bridgehead atoms. The number of hydrogen-bond acceptors (Lipinski definition) is 3. The summed E-state index contributed by atoms with van der Waals surface area (Å²) in [4.78, 5) is 9.58. The van der Waals surface area contributed by atoms with Crippen molar-refractivity contribution in [3.8, 4) is 0 Å². The first-order valence-corrected chi connectivity index (χ1v) is 14.3. The van der Waals surface area contributed by atoms with Crippen LogP contribution < -0.4 is 0 Å². The quantitative estimate of drug-likeness (QED) is 0.521. The number of hydrogen-bond donors (Lipinski definition) is 1. The average Bonchev–Trinajstić information content (AvgIpc) is 3.16. The van der Waals surface area contributed by atoms with Crippen molar-refractivity contribution in [3.63, 3.8) is 0 Å². The van der Waals surface area contributed by atoms with Crippen molar-refractivity contribution in [2.24, 2.45) is 40.4 Å². The molecule has 4 aliphatic carbocycles. The highest BCUT2D eigenvalue weighted by molar-refractivity contribution is 5.80. The third-order valence-electron chi connectivity index (χ3n) is 11.6. The number of aryl methyl sites for hydroxylation is 2. The normalized spacial score (nSPS) is 41.6. The molecule has 0 aliphatic heterocycles. The highest BCUT2D eigenvalue weighted by Crippen LogP contribution is 2.67. The summed E-state index contributed by atoms with van der Waals surface area (Å²) < 4.78 is 0. The molecule has 0 amide bonds. The second-order valence-corrected chi connectivity index (χ2v) is 13.1. The molecular weight excluding hydrogens is 416 g/mol. The van der Waals surface area contributed by atoms with E-state index in [0.29, 0.717) is 16.7 Å². The Balaban J connectivity index is 1.14. The lowest BCUT2D eigenvalue weighted by Crippen LogP contribution is -2.57. The maximum Gasteiger partial charge on any atom is 0.128 e. The molecule has 4 fully saturated rings. The van der Waals surface area contributed by atoms with Gasteiger partial charge >= 0.3 is 0 Å². The Labute approximate surface area is 206 Å². The second kappa shape index (κ2) is 8.57. The van der Waals surface area contributed by atoms with E-state index in [0.717, 1.165) is 53.2 Å². The Morgan fingerprint density at radius 2 is 1.85 bits per heavy atom. The fourth-order valence-electron chi connectivity index (χ4n) is 9.71. The molecule has 4 aliphatic rings. The largest absolute Gasteiger partial charge is 0.393 e. The predicted octanol–water partition coefficient (Wildman–Crippen LogP) is 7.28. The third-order valence-corrected chi connectivity index (χ3v) is 11.6. The summed E-state index contributed by atoms with van der Waals surface area (Å²) >= 11 is 0. The number of aromatic nitrogens is 2. The molecule has 34 heavy (non-hydrogen) atoms. The van der Waals surface area contributed by atoms with E-state index in [9.17, 15) is 5.11 Å². The molecular formula is C31H44N2O. The lowest BCUT2D eigenvalue weighted by atomic mass is 9.44. The van der Waals surface area contributed by atoms with E-state index in [1.807, 2.05) is 6.20 Å². The summed E-state index contributed by atoms with van der Waals surface area (Å²) in [6.45, 7) is 7.36. The monoisotopic (exact) mass is 460 g/mol. The molecule has 8 unspecified atom stereocenters. The van der Waals surface area contributed by atoms with Crippen LogP contribution in [0.4, 0.5) is 0 Å². The second-order valence-electron chi connectivity index (χ2n) is 13.1. The topological polar surface area (TPSA) is 46.0 Å². The number of nitrogens with zero attached hydrogens (tertiary/aromatic N) is 2. The van der Waals surface area contributed by atoms with Crippen LogP contribution in [0, 0.1) is 47.3 Å². The van der Waals surface area contributed by atoms with E-state index in [1.165, 1.54) is 69.8 Å². The van der Waals surface area contributed by atoms with Crippen LogP contribution in [-0.2, 0) is 6.42 Å². The highest BCUT2D eigenvalue weighted by Gasteiger charge is 2.61. The lowest BCUT2D eigenvalue weighted by Gasteiger charge is -2.62. The molecule has 0 saturated heterocycles. The number of benzene rings is 1. The van der Waals surface area contributed by atoms with Crippen LogP contribution in [0.15, 0.2) is 24.4 Å². The van der Waals surface area contributed by atoms with Gasteiger partial charge in [-0.25, -0.2) is 9.97 Å². The molecule has 184 valence electrons. The minimum absolute atomic E-state index is 0.0567. The number of aliphatic hydroxyl groups is 1. The zero-order valence-corrected chi connectivity index (χ0v) is 21.6. The minimum Gasteiger partial charge on any atom is -0.393 e. The first-order chi connectivity index (χ1) is 16.4. The minimum atomic E-state index is -0.0567. The average molecular weight is 461 g/mol. The summed E-state index contributed by atoms with van der Waals surface area (Å²) in [5.74, 6) is 4.60. The molecule has 1 aromatic carbocycles. The SMILES string of the molecule is Cc1cccc2cnc(CCCC3CCC4C5C(O)CC6CCCCC6(C)C5CCC34C)nc12. The van der Waals surface area contributed by atoms with Gasteiger partial charge in [-0.2, -0.15) is 0 Å². The van der Waals surface area contributed by atoms with Crippen molar-refractivity contribution in [2.45, 2.75) is 104 Å². The number of fused-ring (bicyclic) bond motifs is 6. The standard InChI is InChI=1S/C31H44N2O/c1-20-8-6-9-21-19-32-27(33-29(20)21)12-7-11-22-13-14-24-28-25(15-17-31(22,24)3)30(2)16-5-4-10-23(30)18-26(28)34/h6,8-9,19,22-26,28,34H,4-5,7,10-18H2,1-3H3. The molecule has 2 aromatic rings. The maximum atomic E-state index is 11.4. The van der Waals surface area contributed by atoms with Crippen molar-refractivity contribution in [3.05, 3.63) is 35.8 Å². The fourth-order valence-corrected chi connectivity index (χ4v) is 9.71. The molecule has 0 spiro atoms. The lowest BCUT2D eigenvalue weighted by molar-refractivity contribution is -0.162. The van der Waals surface area contributed by atoms with Crippen LogP contribution >= 0.6 is 0 Å². The van der Waals surface area contributed by atoms with Crippen LogP contribution in [0.25, 0.3) is 10.9 Å². The summed E-state index contributed by atoms with van der Waals surface area (Å²) in [5, 5.41) is 12.6. The van der Waals surface area contributed by atoms with Gasteiger partial charge in [-0.1, -0.05) is 44.9 Å². The van der Waals surface area contributed by atoms with E-state index >= 15 is 0 Å². The molecule has 8 atom stereocenters. The highest BCUT2D eigenvalue weighted by atomic mass is 16.3. The van der Waals surface area contributed by atoms with Gasteiger partial charge in [-0.05, 0) is 111 Å². The fraction of sp³-hybridized carbons (Fsp3) is 0.742. The first kappa shape index (κ1) is 23.0. The van der Waals surface area contributed by atoms with Crippen LogP contribution in [0.1, 0.15) is 95.9 Å². The van der Waals surface area contributed by atoms with Gasteiger partial charge in [0.05, 0.1) is 11.6 Å². The van der Waals surface area contributed by atoms with Crippen molar-refractivity contribution in [1.82, 2.24) is 9.97 Å². The molecule has 1 heterocycles. The van der Waals surface area contributed by atoms with Gasteiger partial charge in [-0.3, -0.25) is 0 Å². The Hall–Kier alpha value is -1.48. The van der Waals surface area contributed by atoms with E-state index in [-0.39, 0.29) is 6.10 Å². The zero-order chi connectivity index (χ0) is 23.5. The molecule has 6 rings (SSSR count). The molecule has 3 heteroatoms. The zero-order valence-electron chi connectivity index (χ0n) is 21.6. The molecule has 1 N–H and O–H groups in total. The number of para-hydroxylation sites is 1. The Kier molecular flexibility index (Phi) is 5.79. The van der Waals surface area contributed by atoms with Gasteiger partial charge in [0, 0.05) is 18.0 Å². The maximum absolute atomic E-state index is 11.4. The number of aliphatic hydroxyl groups excluding tert-OH is 1. The molecule has 1 aromatic heterocycles. The van der Waals surface area contributed by atoms with Gasteiger partial charge in [0.1, 0.15) is 5.82 Å². The van der Waals surface area contributed by atoms with E-state index in [1.54, 1.807) is 0 Å². The summed E-state index contributed by atoms with van der Waals surface area (Å²) in [7, 11) is 0. The van der Waals surface area contributed by atoms with Gasteiger partial charge in [0.25, 0.3) is 0 Å². The predicted molar refractivity (Wildman–Crippen MR) is 138 cm³/mol. The Morgan fingerprint density at radius 3 is 2.74 bits per heavy atom. The molecule has 3 nitrogen and oxygen atoms in total. The van der Waals surface area contributed by atoms with E-state index in [4.69, 9.17) is 4.98 Å². The van der Waals surface area contributed by atoms with E-state index in [2.05, 4.69) is 44.0 Å². The summed E-state index contributed by atoms with van der Waals surface area (Å²) in [6, 6.07) is 6.34. The third kappa shape index (κ3) is 3.55. The van der Waals surface area contributed by atoms with Crippen molar-refractivity contribution in [1.29, 1.82) is 0 Å². The van der Waals surface area contributed by atoms with Crippen molar-refractivity contribution in [2.75, 3.05) is 0 Å². The van der Waals surface area contributed by atoms with E-state index < -0.39 is 0 Å². The first-order valence-electron chi connectivity index (χ1n) is 14.3. The van der Waals surface area contributed by atoms with Gasteiger partial charge in [0.15, 0.2) is 0 Å². The van der Waals surface area contributed by atoms with Crippen molar-refractivity contribution < 1.29 is 5.11 Å². The smallest absolute Gasteiger partial charge is 0.128 e. The van der Waals surface area contributed by atoms with Crippen LogP contribution in [0.2, 0.25) is 0 Å². The number of rotatable bonds is 4. The molecule has 4 saturated carbocycles. The summed E-state index contributed by atoms with van der Waals surface area (Å²) in [5.41, 5.74) is 3.26. The van der Waals surface area contributed by atoms with Gasteiger partial charge in [-0.15, -0.1) is 0 Å². The Morgan fingerprint density at radius 1 is 1.00 bits per heavy atom.